The fourth-order valence-corrected chi connectivity index (χ4v) is 2.12. The van der Waals surface area contributed by atoms with E-state index in [4.69, 9.17) is 16.7 Å². The molecule has 0 spiro atoms. The van der Waals surface area contributed by atoms with Crippen molar-refractivity contribution in [1.29, 1.82) is 0 Å². The number of hydrogen-bond donors (Lipinski definition) is 2. The highest BCUT2D eigenvalue weighted by Crippen LogP contribution is 2.34. The summed E-state index contributed by atoms with van der Waals surface area (Å²) in [6, 6.07) is 4.29. The molecule has 4 heteroatoms. The van der Waals surface area contributed by atoms with Gasteiger partial charge in [0.1, 0.15) is 5.15 Å². The Bertz CT molecular complexity index is 342. The van der Waals surface area contributed by atoms with Crippen LogP contribution < -0.4 is 5.32 Å². The summed E-state index contributed by atoms with van der Waals surface area (Å²) in [5.41, 5.74) is 1.02. The number of hydrogen-bond acceptors (Lipinski definition) is 3. The Hall–Kier alpha value is -0.640. The quantitative estimate of drug-likeness (QED) is 0.748. The van der Waals surface area contributed by atoms with Crippen molar-refractivity contribution in [2.24, 2.45) is 5.92 Å². The molecule has 0 aromatic carbocycles. The molecule has 0 amide bonds. The van der Waals surface area contributed by atoms with E-state index in [2.05, 4.69) is 10.3 Å². The third kappa shape index (κ3) is 3.17. The average molecular weight is 241 g/mol. The second-order valence-electron chi connectivity index (χ2n) is 4.29. The molecule has 1 fully saturated rings. The zero-order chi connectivity index (χ0) is 11.4. The van der Waals surface area contributed by atoms with Crippen LogP contribution in [0.5, 0.6) is 0 Å². The van der Waals surface area contributed by atoms with Gasteiger partial charge in [-0.2, -0.15) is 0 Å². The minimum absolute atomic E-state index is 0.245. The number of aliphatic hydroxyl groups is 1. The van der Waals surface area contributed by atoms with Gasteiger partial charge in [0.2, 0.25) is 0 Å². The van der Waals surface area contributed by atoms with Crippen LogP contribution in [0.2, 0.25) is 5.15 Å². The van der Waals surface area contributed by atoms with Gasteiger partial charge in [-0.1, -0.05) is 17.7 Å². The van der Waals surface area contributed by atoms with Gasteiger partial charge in [0.05, 0.1) is 0 Å². The number of pyridine rings is 1. The molecule has 1 aliphatic rings. The Morgan fingerprint density at radius 1 is 1.56 bits per heavy atom. The molecular weight excluding hydrogens is 224 g/mol. The maximum absolute atomic E-state index is 8.99. The number of nitrogens with zero attached hydrogens (tertiary/aromatic N) is 1. The smallest absolute Gasteiger partial charge is 0.133 e. The molecule has 1 aromatic rings. The molecule has 1 aromatic heterocycles. The van der Waals surface area contributed by atoms with Crippen molar-refractivity contribution in [3.63, 3.8) is 0 Å². The van der Waals surface area contributed by atoms with Crippen LogP contribution in [0, 0.1) is 5.92 Å². The van der Waals surface area contributed by atoms with Gasteiger partial charge in [0.15, 0.2) is 0 Å². The number of rotatable bonds is 6. The molecule has 0 radical (unpaired) electrons. The minimum Gasteiger partial charge on any atom is -0.396 e. The van der Waals surface area contributed by atoms with E-state index >= 15 is 0 Å². The predicted octanol–water partition coefficient (Wildman–Crippen LogP) is 1.99. The number of halogens is 1. The summed E-state index contributed by atoms with van der Waals surface area (Å²) < 4.78 is 0. The summed E-state index contributed by atoms with van der Waals surface area (Å²) in [5, 5.41) is 13.0. The van der Waals surface area contributed by atoms with Crippen LogP contribution in [0.4, 0.5) is 0 Å². The van der Waals surface area contributed by atoms with E-state index in [9.17, 15) is 0 Å². The molecule has 3 nitrogen and oxygen atoms in total. The molecule has 2 N–H and O–H groups in total. The van der Waals surface area contributed by atoms with Gasteiger partial charge in [-0.15, -0.1) is 0 Å². The van der Waals surface area contributed by atoms with Crippen molar-refractivity contribution in [1.82, 2.24) is 10.3 Å². The summed E-state index contributed by atoms with van der Waals surface area (Å²) in [6.07, 6.45) is 5.07. The zero-order valence-electron chi connectivity index (χ0n) is 9.19. The summed E-state index contributed by atoms with van der Waals surface area (Å²) in [4.78, 5) is 4.04. The number of aromatic nitrogens is 1. The SMILES string of the molecule is OCCC(NCc1cccnc1Cl)C1CC1. The molecular formula is C12H17ClN2O. The van der Waals surface area contributed by atoms with Crippen LogP contribution >= 0.6 is 11.6 Å². The van der Waals surface area contributed by atoms with Gasteiger partial charge >= 0.3 is 0 Å². The van der Waals surface area contributed by atoms with Crippen LogP contribution in [0.1, 0.15) is 24.8 Å². The van der Waals surface area contributed by atoms with Crippen LogP contribution in [0.3, 0.4) is 0 Å². The first-order valence-electron chi connectivity index (χ1n) is 5.75. The van der Waals surface area contributed by atoms with E-state index in [-0.39, 0.29) is 6.61 Å². The molecule has 1 atom stereocenters. The van der Waals surface area contributed by atoms with Gasteiger partial charge in [0.25, 0.3) is 0 Å². The third-order valence-electron chi connectivity index (χ3n) is 3.02. The molecule has 1 aliphatic carbocycles. The lowest BCUT2D eigenvalue weighted by Gasteiger charge is -2.17. The molecule has 0 aliphatic heterocycles. The van der Waals surface area contributed by atoms with Crippen molar-refractivity contribution in [3.8, 4) is 0 Å². The van der Waals surface area contributed by atoms with Crippen molar-refractivity contribution in [2.75, 3.05) is 6.61 Å². The number of aliphatic hydroxyl groups excluding tert-OH is 1. The summed E-state index contributed by atoms with van der Waals surface area (Å²) in [5.74, 6) is 0.739. The molecule has 1 saturated carbocycles. The first-order chi connectivity index (χ1) is 7.81. The van der Waals surface area contributed by atoms with Gasteiger partial charge in [-0.3, -0.25) is 0 Å². The van der Waals surface area contributed by atoms with Crippen molar-refractivity contribution in [2.45, 2.75) is 31.8 Å². The van der Waals surface area contributed by atoms with E-state index in [1.54, 1.807) is 6.20 Å². The highest BCUT2D eigenvalue weighted by atomic mass is 35.5. The first kappa shape index (κ1) is 11.8. The zero-order valence-corrected chi connectivity index (χ0v) is 9.95. The normalized spacial score (nSPS) is 17.4. The van der Waals surface area contributed by atoms with E-state index in [1.807, 2.05) is 12.1 Å². The molecule has 2 rings (SSSR count). The second kappa shape index (κ2) is 5.62. The molecule has 0 saturated heterocycles. The van der Waals surface area contributed by atoms with Gasteiger partial charge in [-0.25, -0.2) is 4.98 Å². The van der Waals surface area contributed by atoms with Gasteiger partial charge in [-0.05, 0) is 31.2 Å². The lowest BCUT2D eigenvalue weighted by atomic mass is 10.1. The molecule has 16 heavy (non-hydrogen) atoms. The van der Waals surface area contributed by atoms with Crippen molar-refractivity contribution in [3.05, 3.63) is 29.0 Å². The standard InChI is InChI=1S/C12H17ClN2O/c13-12-10(2-1-6-14-12)8-15-11(5-7-16)9-3-4-9/h1-2,6,9,11,15-16H,3-5,7-8H2. The first-order valence-corrected chi connectivity index (χ1v) is 6.12. The highest BCUT2D eigenvalue weighted by Gasteiger charge is 2.30. The van der Waals surface area contributed by atoms with Crippen molar-refractivity contribution >= 4 is 11.6 Å². The van der Waals surface area contributed by atoms with E-state index in [0.717, 1.165) is 24.4 Å². The van der Waals surface area contributed by atoms with Gasteiger partial charge < -0.3 is 10.4 Å². The lowest BCUT2D eigenvalue weighted by molar-refractivity contribution is 0.255. The molecule has 1 heterocycles. The second-order valence-corrected chi connectivity index (χ2v) is 4.65. The molecule has 88 valence electrons. The minimum atomic E-state index is 0.245. The fraction of sp³-hybridized carbons (Fsp3) is 0.583. The largest absolute Gasteiger partial charge is 0.396 e. The summed E-state index contributed by atoms with van der Waals surface area (Å²) in [7, 11) is 0. The van der Waals surface area contributed by atoms with E-state index in [0.29, 0.717) is 11.2 Å². The van der Waals surface area contributed by atoms with Crippen molar-refractivity contribution < 1.29 is 5.11 Å². The Labute approximate surface area is 101 Å². The topological polar surface area (TPSA) is 45.1 Å². The predicted molar refractivity (Wildman–Crippen MR) is 64.3 cm³/mol. The molecule has 1 unspecified atom stereocenters. The Morgan fingerprint density at radius 2 is 2.38 bits per heavy atom. The summed E-state index contributed by atoms with van der Waals surface area (Å²) in [6.45, 7) is 0.975. The molecule has 0 bridgehead atoms. The lowest BCUT2D eigenvalue weighted by Crippen LogP contribution is -2.31. The monoisotopic (exact) mass is 240 g/mol. The Morgan fingerprint density at radius 3 is 3.00 bits per heavy atom. The highest BCUT2D eigenvalue weighted by molar-refractivity contribution is 6.30. The maximum Gasteiger partial charge on any atom is 0.133 e. The maximum atomic E-state index is 8.99. The summed E-state index contributed by atoms with van der Waals surface area (Å²) >= 11 is 5.98. The number of nitrogens with one attached hydrogen (secondary N) is 1. The van der Waals surface area contributed by atoms with Crippen LogP contribution in [-0.2, 0) is 6.54 Å². The Balaban J connectivity index is 1.87. The fourth-order valence-electron chi connectivity index (χ4n) is 1.93. The van der Waals surface area contributed by atoms with Gasteiger partial charge in [0, 0.05) is 31.0 Å². The van der Waals surface area contributed by atoms with Crippen LogP contribution in [-0.4, -0.2) is 22.7 Å². The Kier molecular flexibility index (Phi) is 4.16. The van der Waals surface area contributed by atoms with E-state index < -0.39 is 0 Å². The van der Waals surface area contributed by atoms with Crippen LogP contribution in [0.15, 0.2) is 18.3 Å². The van der Waals surface area contributed by atoms with E-state index in [1.165, 1.54) is 12.8 Å². The van der Waals surface area contributed by atoms with Crippen LogP contribution in [0.25, 0.3) is 0 Å². The average Bonchev–Trinajstić information content (AvgIpc) is 3.10. The third-order valence-corrected chi connectivity index (χ3v) is 3.36.